The topological polar surface area (TPSA) is 78.9 Å². The molecular weight excluding hydrogens is 336 g/mol. The van der Waals surface area contributed by atoms with Crippen molar-refractivity contribution in [2.75, 3.05) is 13.7 Å². The minimum atomic E-state index is -0.507. The summed E-state index contributed by atoms with van der Waals surface area (Å²) in [5.74, 6) is 3.48. The van der Waals surface area contributed by atoms with E-state index >= 15 is 0 Å². The Balaban J connectivity index is 1.62. The van der Waals surface area contributed by atoms with Gasteiger partial charge in [0.15, 0.2) is 0 Å². The molecule has 1 aromatic carbocycles. The zero-order valence-electron chi connectivity index (χ0n) is 14.0. The summed E-state index contributed by atoms with van der Waals surface area (Å²) in [6, 6.07) is 10.5. The van der Waals surface area contributed by atoms with Crippen LogP contribution in [-0.2, 0) is 9.57 Å². The third kappa shape index (κ3) is 4.12. The number of nitrogens with one attached hydrogen (secondary N) is 1. The highest BCUT2D eigenvalue weighted by atomic mass is 16.7. The lowest BCUT2D eigenvalue weighted by Crippen LogP contribution is -2.12. The molecule has 2 heterocycles. The Kier molecular flexibility index (Phi) is 5.37. The number of ether oxygens (including phenoxy) is 3. The predicted molar refractivity (Wildman–Crippen MR) is 92.0 cm³/mol. The first-order valence-electron chi connectivity index (χ1n) is 7.71. The number of methoxy groups -OCH3 is 1. The van der Waals surface area contributed by atoms with Crippen molar-refractivity contribution in [1.29, 1.82) is 0 Å². The molecule has 1 aromatic heterocycles. The van der Waals surface area contributed by atoms with Crippen molar-refractivity contribution in [2.45, 2.75) is 6.10 Å². The first-order valence-corrected chi connectivity index (χ1v) is 7.71. The largest absolute Gasteiger partial charge is 0.481 e. The minimum Gasteiger partial charge on any atom is -0.481 e. The van der Waals surface area contributed by atoms with Crippen molar-refractivity contribution < 1.29 is 23.8 Å². The average Bonchev–Trinajstić information content (AvgIpc) is 3.15. The zero-order chi connectivity index (χ0) is 18.4. The maximum absolute atomic E-state index is 11.4. The molecule has 7 heteroatoms. The molecule has 26 heavy (non-hydrogen) atoms. The number of aromatic nitrogens is 1. The third-order valence-corrected chi connectivity index (χ3v) is 3.48. The van der Waals surface area contributed by atoms with E-state index in [0.717, 1.165) is 5.56 Å². The Morgan fingerprint density at radius 2 is 2.04 bits per heavy atom. The van der Waals surface area contributed by atoms with Crippen molar-refractivity contribution >= 4 is 5.97 Å². The van der Waals surface area contributed by atoms with Gasteiger partial charge in [0.2, 0.25) is 5.88 Å². The van der Waals surface area contributed by atoms with Crippen molar-refractivity contribution in [1.82, 2.24) is 10.5 Å². The molecule has 1 atom stereocenters. The number of carbonyl (C=O) groups excluding carboxylic acids is 1. The molecule has 1 N–H and O–H groups in total. The Morgan fingerprint density at radius 1 is 1.27 bits per heavy atom. The highest BCUT2D eigenvalue weighted by Crippen LogP contribution is 2.27. The van der Waals surface area contributed by atoms with Gasteiger partial charge < -0.3 is 14.2 Å². The summed E-state index contributed by atoms with van der Waals surface area (Å²) in [6.07, 6.45) is 8.06. The maximum atomic E-state index is 11.4. The van der Waals surface area contributed by atoms with Gasteiger partial charge in [0.25, 0.3) is 0 Å². The smallest absolute Gasteiger partial charge is 0.356 e. The van der Waals surface area contributed by atoms with Gasteiger partial charge in [-0.3, -0.25) is 4.84 Å². The van der Waals surface area contributed by atoms with Gasteiger partial charge in [-0.05, 0) is 29.8 Å². The Hall–Kier alpha value is -3.50. The fraction of sp³-hybridized carbons (Fsp3) is 0.158. The van der Waals surface area contributed by atoms with Gasteiger partial charge in [-0.1, -0.05) is 18.1 Å². The normalized spacial score (nSPS) is 15.4. The monoisotopic (exact) mass is 352 g/mol. The molecule has 0 radical (unpaired) electrons. The van der Waals surface area contributed by atoms with Gasteiger partial charge in [0, 0.05) is 6.08 Å². The van der Waals surface area contributed by atoms with E-state index < -0.39 is 5.97 Å². The second kappa shape index (κ2) is 8.05. The summed E-state index contributed by atoms with van der Waals surface area (Å²) < 4.78 is 15.6. The number of esters is 1. The SMILES string of the molecule is C#CCOc1ccc(C2C=C(Oc3ccc(C(=O)OC)nc3)NO2)cc1. The van der Waals surface area contributed by atoms with Gasteiger partial charge in [-0.2, -0.15) is 0 Å². The van der Waals surface area contributed by atoms with E-state index in [1.807, 2.05) is 24.3 Å². The predicted octanol–water partition coefficient (Wildman–Crippen LogP) is 2.38. The van der Waals surface area contributed by atoms with Gasteiger partial charge in [0.05, 0.1) is 13.3 Å². The van der Waals surface area contributed by atoms with Gasteiger partial charge >= 0.3 is 5.97 Å². The first kappa shape index (κ1) is 17.3. The van der Waals surface area contributed by atoms with Crippen molar-refractivity contribution in [3.63, 3.8) is 0 Å². The van der Waals surface area contributed by atoms with Gasteiger partial charge in [0.1, 0.15) is 29.9 Å². The minimum absolute atomic E-state index is 0.203. The van der Waals surface area contributed by atoms with E-state index in [2.05, 4.69) is 21.1 Å². The van der Waals surface area contributed by atoms with E-state index in [0.29, 0.717) is 17.4 Å². The lowest BCUT2D eigenvalue weighted by atomic mass is 10.1. The van der Waals surface area contributed by atoms with Crippen molar-refractivity contribution in [2.24, 2.45) is 0 Å². The molecule has 1 aliphatic heterocycles. The number of nitrogens with zero attached hydrogens (tertiary/aromatic N) is 1. The number of hydroxylamine groups is 1. The quantitative estimate of drug-likeness (QED) is 0.631. The van der Waals surface area contributed by atoms with Crippen LogP contribution in [0.3, 0.4) is 0 Å². The molecule has 0 spiro atoms. The lowest BCUT2D eigenvalue weighted by Gasteiger charge is -2.08. The van der Waals surface area contributed by atoms with E-state index in [1.54, 1.807) is 12.1 Å². The second-order valence-electron chi connectivity index (χ2n) is 5.21. The molecule has 0 aliphatic carbocycles. The van der Waals surface area contributed by atoms with E-state index in [9.17, 15) is 4.79 Å². The molecule has 3 rings (SSSR count). The molecule has 0 amide bonds. The fourth-order valence-corrected chi connectivity index (χ4v) is 2.22. The van der Waals surface area contributed by atoms with Crippen LogP contribution < -0.4 is 15.0 Å². The van der Waals surface area contributed by atoms with Crippen LogP contribution in [0.15, 0.2) is 54.6 Å². The summed E-state index contributed by atoms with van der Waals surface area (Å²) in [4.78, 5) is 20.8. The van der Waals surface area contributed by atoms with Crippen LogP contribution in [0.4, 0.5) is 0 Å². The summed E-state index contributed by atoms with van der Waals surface area (Å²) in [6.45, 7) is 0.224. The number of pyridine rings is 1. The molecule has 1 aliphatic rings. The van der Waals surface area contributed by atoms with Crippen molar-refractivity contribution in [3.8, 4) is 23.8 Å². The molecule has 0 saturated carbocycles. The van der Waals surface area contributed by atoms with Gasteiger partial charge in [-0.25, -0.2) is 15.3 Å². The van der Waals surface area contributed by atoms with E-state index in [-0.39, 0.29) is 18.4 Å². The number of hydrogen-bond acceptors (Lipinski definition) is 7. The highest BCUT2D eigenvalue weighted by Gasteiger charge is 2.20. The molecule has 1 unspecified atom stereocenters. The second-order valence-corrected chi connectivity index (χ2v) is 5.21. The van der Waals surface area contributed by atoms with Crippen LogP contribution in [-0.4, -0.2) is 24.7 Å². The van der Waals surface area contributed by atoms with Crippen LogP contribution in [0.1, 0.15) is 22.2 Å². The first-order chi connectivity index (χ1) is 12.7. The van der Waals surface area contributed by atoms with Crippen LogP contribution in [0.2, 0.25) is 0 Å². The lowest BCUT2D eigenvalue weighted by molar-refractivity contribution is 0.0273. The summed E-state index contributed by atoms with van der Waals surface area (Å²) >= 11 is 0. The Bertz CT molecular complexity index is 838. The van der Waals surface area contributed by atoms with Crippen LogP contribution in [0.25, 0.3) is 0 Å². The number of hydrogen-bond donors (Lipinski definition) is 1. The Labute approximate surface area is 150 Å². The maximum Gasteiger partial charge on any atom is 0.356 e. The highest BCUT2D eigenvalue weighted by molar-refractivity contribution is 5.87. The Morgan fingerprint density at radius 3 is 2.69 bits per heavy atom. The molecule has 2 aromatic rings. The van der Waals surface area contributed by atoms with Crippen LogP contribution in [0, 0.1) is 12.3 Å². The van der Waals surface area contributed by atoms with E-state index in [4.69, 9.17) is 20.7 Å². The number of terminal acetylenes is 1. The summed E-state index contributed by atoms with van der Waals surface area (Å²) in [5.41, 5.74) is 3.84. The average molecular weight is 352 g/mol. The number of benzene rings is 1. The summed E-state index contributed by atoms with van der Waals surface area (Å²) in [5, 5.41) is 0. The van der Waals surface area contributed by atoms with E-state index in [1.165, 1.54) is 19.4 Å². The molecule has 0 fully saturated rings. The van der Waals surface area contributed by atoms with Crippen molar-refractivity contribution in [3.05, 3.63) is 65.8 Å². The van der Waals surface area contributed by atoms with Crippen LogP contribution >= 0.6 is 0 Å². The molecule has 7 nitrogen and oxygen atoms in total. The third-order valence-electron chi connectivity index (χ3n) is 3.48. The summed E-state index contributed by atoms with van der Waals surface area (Å²) in [7, 11) is 1.30. The zero-order valence-corrected chi connectivity index (χ0v) is 14.0. The van der Waals surface area contributed by atoms with Gasteiger partial charge in [-0.15, -0.1) is 6.42 Å². The number of rotatable bonds is 6. The fourth-order valence-electron chi connectivity index (χ4n) is 2.22. The molecule has 132 valence electrons. The van der Waals surface area contributed by atoms with Crippen LogP contribution in [0.5, 0.6) is 11.5 Å². The molecule has 0 saturated heterocycles. The molecular formula is C19H16N2O5. The standard InChI is InChI=1S/C19H16N2O5/c1-3-10-24-14-6-4-13(5-7-14)17-11-18(21-26-17)25-15-8-9-16(20-12-15)19(22)23-2/h1,4-9,11-12,17,21H,10H2,2H3. The number of carbonyl (C=O) groups is 1. The molecule has 0 bridgehead atoms.